The van der Waals surface area contributed by atoms with Crippen molar-refractivity contribution < 1.29 is 0 Å². The van der Waals surface area contributed by atoms with Crippen LogP contribution in [0.2, 0.25) is 10.0 Å². The van der Waals surface area contributed by atoms with Gasteiger partial charge in [0.25, 0.3) is 0 Å². The maximum absolute atomic E-state index is 5.96. The van der Waals surface area contributed by atoms with Crippen molar-refractivity contribution in [2.24, 2.45) is 0 Å². The second-order valence-corrected chi connectivity index (χ2v) is 4.69. The van der Waals surface area contributed by atoms with Gasteiger partial charge < -0.3 is 11.1 Å². The summed E-state index contributed by atoms with van der Waals surface area (Å²) in [6, 6.07) is 11.0. The van der Waals surface area contributed by atoms with Gasteiger partial charge in [-0.05, 0) is 42.8 Å². The minimum atomic E-state index is 0.640. The van der Waals surface area contributed by atoms with Gasteiger partial charge in [0.05, 0.1) is 11.4 Å². The Morgan fingerprint density at radius 1 is 0.941 bits per heavy atom. The third kappa shape index (κ3) is 2.84. The Labute approximate surface area is 110 Å². The van der Waals surface area contributed by atoms with E-state index >= 15 is 0 Å². The molecule has 0 amide bonds. The van der Waals surface area contributed by atoms with Crippen LogP contribution in [0.4, 0.5) is 17.1 Å². The molecule has 0 radical (unpaired) electrons. The molecule has 0 aliphatic carbocycles. The fourth-order valence-electron chi connectivity index (χ4n) is 1.51. The molecule has 0 aliphatic heterocycles. The summed E-state index contributed by atoms with van der Waals surface area (Å²) in [6.45, 7) is 2.00. The molecule has 0 aromatic heterocycles. The fraction of sp³-hybridized carbons (Fsp3) is 0.0769. The van der Waals surface area contributed by atoms with Gasteiger partial charge in [-0.2, -0.15) is 0 Å². The summed E-state index contributed by atoms with van der Waals surface area (Å²) in [5.74, 6) is 0. The summed E-state index contributed by atoms with van der Waals surface area (Å²) in [5.41, 5.74) is 9.31. The molecule has 17 heavy (non-hydrogen) atoms. The number of anilines is 3. The monoisotopic (exact) mass is 266 g/mol. The Kier molecular flexibility index (Phi) is 3.46. The molecule has 0 atom stereocenters. The number of aryl methyl sites for hydroxylation is 1. The molecule has 0 bridgehead atoms. The fourth-order valence-corrected chi connectivity index (χ4v) is 1.85. The van der Waals surface area contributed by atoms with Crippen molar-refractivity contribution in [1.29, 1.82) is 0 Å². The van der Waals surface area contributed by atoms with Crippen LogP contribution in [0, 0.1) is 6.92 Å². The van der Waals surface area contributed by atoms with Crippen molar-refractivity contribution in [3.8, 4) is 0 Å². The Balaban J connectivity index is 2.37. The van der Waals surface area contributed by atoms with E-state index in [1.165, 1.54) is 0 Å². The SMILES string of the molecule is Cc1ccc(Cl)cc1Nc1cc(Cl)ccc1N. The largest absolute Gasteiger partial charge is 0.397 e. The molecule has 2 aromatic carbocycles. The van der Waals surface area contributed by atoms with Gasteiger partial charge >= 0.3 is 0 Å². The van der Waals surface area contributed by atoms with Crippen LogP contribution in [0.3, 0.4) is 0 Å². The van der Waals surface area contributed by atoms with Crippen LogP contribution in [0.1, 0.15) is 5.56 Å². The molecule has 0 aliphatic rings. The molecule has 0 fully saturated rings. The van der Waals surface area contributed by atoms with Crippen molar-refractivity contribution in [1.82, 2.24) is 0 Å². The Hall–Kier alpha value is -1.38. The van der Waals surface area contributed by atoms with Crippen LogP contribution in [0.25, 0.3) is 0 Å². The summed E-state index contributed by atoms with van der Waals surface area (Å²) in [4.78, 5) is 0. The van der Waals surface area contributed by atoms with Gasteiger partial charge in [0.1, 0.15) is 0 Å². The molecule has 0 heterocycles. The van der Waals surface area contributed by atoms with E-state index in [4.69, 9.17) is 28.9 Å². The summed E-state index contributed by atoms with van der Waals surface area (Å²) in [7, 11) is 0. The van der Waals surface area contributed by atoms with Gasteiger partial charge in [-0.1, -0.05) is 29.3 Å². The summed E-state index contributed by atoms with van der Waals surface area (Å²) in [5, 5.41) is 4.55. The summed E-state index contributed by atoms with van der Waals surface area (Å²) >= 11 is 11.9. The van der Waals surface area contributed by atoms with Crippen LogP contribution < -0.4 is 11.1 Å². The van der Waals surface area contributed by atoms with Gasteiger partial charge in [-0.25, -0.2) is 0 Å². The zero-order valence-corrected chi connectivity index (χ0v) is 10.8. The highest BCUT2D eigenvalue weighted by atomic mass is 35.5. The van der Waals surface area contributed by atoms with Gasteiger partial charge in [-0.3, -0.25) is 0 Å². The van der Waals surface area contributed by atoms with Crippen LogP contribution in [-0.2, 0) is 0 Å². The topological polar surface area (TPSA) is 38.0 Å². The highest BCUT2D eigenvalue weighted by Crippen LogP contribution is 2.29. The zero-order chi connectivity index (χ0) is 12.4. The standard InChI is InChI=1S/C13H12Cl2N2/c1-8-2-3-9(14)6-12(8)17-13-7-10(15)4-5-11(13)16/h2-7,17H,16H2,1H3. The third-order valence-corrected chi connectivity index (χ3v) is 2.95. The second-order valence-electron chi connectivity index (χ2n) is 3.82. The molecule has 2 aromatic rings. The number of halogens is 2. The highest BCUT2D eigenvalue weighted by molar-refractivity contribution is 6.31. The zero-order valence-electron chi connectivity index (χ0n) is 9.30. The van der Waals surface area contributed by atoms with Crippen molar-refractivity contribution >= 4 is 40.3 Å². The van der Waals surface area contributed by atoms with Crippen molar-refractivity contribution in [2.75, 3.05) is 11.1 Å². The van der Waals surface area contributed by atoms with E-state index in [1.54, 1.807) is 18.2 Å². The summed E-state index contributed by atoms with van der Waals surface area (Å²) in [6.07, 6.45) is 0. The van der Waals surface area contributed by atoms with Gasteiger partial charge in [0.15, 0.2) is 0 Å². The smallest absolute Gasteiger partial charge is 0.0632 e. The van der Waals surface area contributed by atoms with E-state index in [2.05, 4.69) is 5.32 Å². The molecule has 0 saturated heterocycles. The van der Waals surface area contributed by atoms with E-state index in [9.17, 15) is 0 Å². The molecule has 2 rings (SSSR count). The average molecular weight is 267 g/mol. The normalized spacial score (nSPS) is 10.3. The molecule has 4 heteroatoms. The Bertz CT molecular complexity index is 504. The second kappa shape index (κ2) is 4.86. The predicted octanol–water partition coefficient (Wildman–Crippen LogP) is 4.63. The average Bonchev–Trinajstić information content (AvgIpc) is 2.28. The summed E-state index contributed by atoms with van der Waals surface area (Å²) < 4.78 is 0. The molecular formula is C13H12Cl2N2. The van der Waals surface area contributed by atoms with Crippen molar-refractivity contribution in [2.45, 2.75) is 6.92 Å². The number of benzene rings is 2. The van der Waals surface area contributed by atoms with Gasteiger partial charge in [-0.15, -0.1) is 0 Å². The molecular weight excluding hydrogens is 255 g/mol. The molecule has 0 saturated carbocycles. The minimum absolute atomic E-state index is 0.640. The van der Waals surface area contributed by atoms with Crippen LogP contribution in [-0.4, -0.2) is 0 Å². The molecule has 3 N–H and O–H groups in total. The predicted molar refractivity (Wildman–Crippen MR) is 75.3 cm³/mol. The lowest BCUT2D eigenvalue weighted by atomic mass is 10.2. The van der Waals surface area contributed by atoms with Gasteiger partial charge in [0, 0.05) is 15.7 Å². The van der Waals surface area contributed by atoms with E-state index in [-0.39, 0.29) is 0 Å². The Morgan fingerprint density at radius 3 is 2.24 bits per heavy atom. The first-order valence-corrected chi connectivity index (χ1v) is 5.90. The van der Waals surface area contributed by atoms with Crippen LogP contribution >= 0.6 is 23.2 Å². The number of hydrogen-bond donors (Lipinski definition) is 2. The lowest BCUT2D eigenvalue weighted by Gasteiger charge is -2.12. The molecule has 88 valence electrons. The van der Waals surface area contributed by atoms with Crippen molar-refractivity contribution in [3.05, 3.63) is 52.0 Å². The lowest BCUT2D eigenvalue weighted by molar-refractivity contribution is 1.43. The Morgan fingerprint density at radius 2 is 1.53 bits per heavy atom. The molecule has 0 spiro atoms. The van der Waals surface area contributed by atoms with Crippen LogP contribution in [0.15, 0.2) is 36.4 Å². The molecule has 0 unspecified atom stereocenters. The quantitative estimate of drug-likeness (QED) is 0.778. The lowest BCUT2D eigenvalue weighted by Crippen LogP contribution is -1.97. The van der Waals surface area contributed by atoms with Crippen molar-refractivity contribution in [3.63, 3.8) is 0 Å². The maximum Gasteiger partial charge on any atom is 0.0632 e. The number of nitrogens with two attached hydrogens (primary N) is 1. The molecule has 2 nitrogen and oxygen atoms in total. The number of hydrogen-bond acceptors (Lipinski definition) is 2. The van der Waals surface area contributed by atoms with Crippen LogP contribution in [0.5, 0.6) is 0 Å². The number of rotatable bonds is 2. The highest BCUT2D eigenvalue weighted by Gasteiger charge is 2.04. The first-order chi connectivity index (χ1) is 8.06. The van der Waals surface area contributed by atoms with E-state index in [0.717, 1.165) is 16.9 Å². The van der Waals surface area contributed by atoms with E-state index < -0.39 is 0 Å². The third-order valence-electron chi connectivity index (χ3n) is 2.48. The number of nitrogens with one attached hydrogen (secondary N) is 1. The minimum Gasteiger partial charge on any atom is -0.397 e. The first kappa shape index (κ1) is 12.1. The maximum atomic E-state index is 5.96. The van der Waals surface area contributed by atoms with E-state index in [0.29, 0.717) is 15.7 Å². The first-order valence-electron chi connectivity index (χ1n) is 5.14. The number of nitrogen functional groups attached to an aromatic ring is 1. The van der Waals surface area contributed by atoms with Gasteiger partial charge in [0.2, 0.25) is 0 Å². The van der Waals surface area contributed by atoms with E-state index in [1.807, 2.05) is 25.1 Å².